The Morgan fingerprint density at radius 2 is 2.11 bits per heavy atom. The molecule has 1 aromatic heterocycles. The lowest BCUT2D eigenvalue weighted by Crippen LogP contribution is -2.25. The monoisotopic (exact) mass is 263 g/mol. The van der Waals surface area contributed by atoms with E-state index in [0.717, 1.165) is 17.2 Å². The van der Waals surface area contributed by atoms with Crippen molar-refractivity contribution in [1.29, 1.82) is 0 Å². The Morgan fingerprint density at radius 3 is 2.78 bits per heavy atom. The van der Waals surface area contributed by atoms with Crippen LogP contribution in [-0.2, 0) is 11.3 Å². The minimum absolute atomic E-state index is 0.0293. The van der Waals surface area contributed by atoms with Crippen molar-refractivity contribution in [2.45, 2.75) is 13.5 Å². The molecule has 4 nitrogen and oxygen atoms in total. The molecule has 1 amide bonds. The first-order chi connectivity index (χ1) is 8.72. The second-order valence-electron chi connectivity index (χ2n) is 3.88. The molecular weight excluding hydrogens is 250 g/mol. The molecule has 1 heterocycles. The van der Waals surface area contributed by atoms with Crippen LogP contribution in [-0.4, -0.2) is 21.3 Å². The molecule has 0 saturated carbocycles. The first kappa shape index (κ1) is 12.6. The second-order valence-corrected chi connectivity index (χ2v) is 4.15. The van der Waals surface area contributed by atoms with E-state index in [0.29, 0.717) is 6.54 Å². The Balaban J connectivity index is 2.25. The van der Waals surface area contributed by atoms with Gasteiger partial charge in [0.05, 0.1) is 18.4 Å². The zero-order valence-corrected chi connectivity index (χ0v) is 10.8. The largest absolute Gasteiger partial charge is 0.349 e. The standard InChI is InChI=1S/C13H14ClN3O/c1-10-15-8-12(9-16-13(18)7-14)17(10)11-5-3-2-4-6-11/h2-6,8H,7,9H2,1H3,(H,16,18). The topological polar surface area (TPSA) is 46.9 Å². The van der Waals surface area contributed by atoms with Crippen LogP contribution in [0.3, 0.4) is 0 Å². The average molecular weight is 264 g/mol. The van der Waals surface area contributed by atoms with Crippen LogP contribution >= 0.6 is 11.6 Å². The van der Waals surface area contributed by atoms with Gasteiger partial charge in [-0.2, -0.15) is 0 Å². The summed E-state index contributed by atoms with van der Waals surface area (Å²) in [5.41, 5.74) is 1.96. The highest BCUT2D eigenvalue weighted by molar-refractivity contribution is 6.27. The number of halogens is 1. The fraction of sp³-hybridized carbons (Fsp3) is 0.231. The lowest BCUT2D eigenvalue weighted by atomic mass is 10.3. The number of nitrogens with one attached hydrogen (secondary N) is 1. The molecule has 5 heteroatoms. The van der Waals surface area contributed by atoms with Gasteiger partial charge in [-0.25, -0.2) is 4.98 Å². The summed E-state index contributed by atoms with van der Waals surface area (Å²) in [5, 5.41) is 2.74. The Bertz CT molecular complexity index is 536. The van der Waals surface area contributed by atoms with Crippen molar-refractivity contribution >= 4 is 17.5 Å². The molecule has 0 atom stereocenters. The normalized spacial score (nSPS) is 10.3. The van der Waals surface area contributed by atoms with Gasteiger partial charge in [0, 0.05) is 5.69 Å². The number of imidazole rings is 1. The van der Waals surface area contributed by atoms with Gasteiger partial charge in [0.2, 0.25) is 5.91 Å². The second kappa shape index (κ2) is 5.69. The fourth-order valence-corrected chi connectivity index (χ4v) is 1.88. The number of carbonyl (C=O) groups excluding carboxylic acids is 1. The van der Waals surface area contributed by atoms with E-state index in [1.54, 1.807) is 6.20 Å². The number of hydrogen-bond donors (Lipinski definition) is 1. The van der Waals surface area contributed by atoms with Crippen molar-refractivity contribution in [2.75, 3.05) is 5.88 Å². The van der Waals surface area contributed by atoms with Crippen LogP contribution in [0.15, 0.2) is 36.5 Å². The van der Waals surface area contributed by atoms with Crippen LogP contribution in [0.2, 0.25) is 0 Å². The zero-order valence-electron chi connectivity index (χ0n) is 10.1. The van der Waals surface area contributed by atoms with Crippen LogP contribution in [0, 0.1) is 6.92 Å². The molecule has 0 aliphatic carbocycles. The van der Waals surface area contributed by atoms with Crippen LogP contribution < -0.4 is 5.32 Å². The summed E-state index contributed by atoms with van der Waals surface area (Å²) in [6, 6.07) is 9.90. The molecule has 1 aromatic carbocycles. The van der Waals surface area contributed by atoms with Gasteiger partial charge >= 0.3 is 0 Å². The number of nitrogens with zero attached hydrogens (tertiary/aromatic N) is 2. The lowest BCUT2D eigenvalue weighted by Gasteiger charge is -2.10. The SMILES string of the molecule is Cc1ncc(CNC(=O)CCl)n1-c1ccccc1. The minimum atomic E-state index is -0.185. The van der Waals surface area contributed by atoms with Gasteiger partial charge in [-0.05, 0) is 19.1 Å². The molecule has 0 aliphatic rings. The summed E-state index contributed by atoms with van der Waals surface area (Å²) in [5.74, 6) is 0.671. The Labute approximate surface area is 111 Å². The molecule has 2 rings (SSSR count). The van der Waals surface area contributed by atoms with Crippen molar-refractivity contribution in [3.63, 3.8) is 0 Å². The van der Waals surface area contributed by atoms with Crippen molar-refractivity contribution in [3.8, 4) is 5.69 Å². The summed E-state index contributed by atoms with van der Waals surface area (Å²) in [7, 11) is 0. The maximum atomic E-state index is 11.2. The first-order valence-corrected chi connectivity index (χ1v) is 6.17. The molecule has 0 aliphatic heterocycles. The highest BCUT2D eigenvalue weighted by atomic mass is 35.5. The number of rotatable bonds is 4. The van der Waals surface area contributed by atoms with Crippen molar-refractivity contribution in [2.24, 2.45) is 0 Å². The van der Waals surface area contributed by atoms with E-state index >= 15 is 0 Å². The number of amides is 1. The van der Waals surface area contributed by atoms with Gasteiger partial charge < -0.3 is 5.32 Å². The molecule has 1 N–H and O–H groups in total. The average Bonchev–Trinajstić information content (AvgIpc) is 2.78. The highest BCUT2D eigenvalue weighted by Crippen LogP contribution is 2.14. The van der Waals surface area contributed by atoms with Crippen LogP contribution in [0.4, 0.5) is 0 Å². The van der Waals surface area contributed by atoms with Crippen LogP contribution in [0.25, 0.3) is 5.69 Å². The number of aromatic nitrogens is 2. The molecule has 0 radical (unpaired) electrons. The molecule has 0 bridgehead atoms. The summed E-state index contributed by atoms with van der Waals surface area (Å²) in [4.78, 5) is 15.4. The van der Waals surface area contributed by atoms with Gasteiger partial charge in [-0.15, -0.1) is 11.6 Å². The number of alkyl halides is 1. The summed E-state index contributed by atoms with van der Waals surface area (Å²) in [6.07, 6.45) is 1.76. The number of benzene rings is 1. The van der Waals surface area contributed by atoms with Gasteiger partial charge in [-0.1, -0.05) is 18.2 Å². The molecular formula is C13H14ClN3O. The third kappa shape index (κ3) is 2.71. The maximum absolute atomic E-state index is 11.2. The van der Waals surface area contributed by atoms with E-state index in [1.165, 1.54) is 0 Å². The number of para-hydroxylation sites is 1. The van der Waals surface area contributed by atoms with Crippen molar-refractivity contribution in [1.82, 2.24) is 14.9 Å². The van der Waals surface area contributed by atoms with E-state index in [-0.39, 0.29) is 11.8 Å². The molecule has 18 heavy (non-hydrogen) atoms. The predicted molar refractivity (Wildman–Crippen MR) is 70.9 cm³/mol. The predicted octanol–water partition coefficient (Wildman–Crippen LogP) is 2.04. The number of hydrogen-bond acceptors (Lipinski definition) is 2. The third-order valence-electron chi connectivity index (χ3n) is 2.61. The van der Waals surface area contributed by atoms with Gasteiger partial charge in [0.25, 0.3) is 0 Å². The molecule has 0 unspecified atom stereocenters. The van der Waals surface area contributed by atoms with Gasteiger partial charge in [-0.3, -0.25) is 9.36 Å². The zero-order chi connectivity index (χ0) is 13.0. The van der Waals surface area contributed by atoms with Crippen molar-refractivity contribution < 1.29 is 4.79 Å². The summed E-state index contributed by atoms with van der Waals surface area (Å²) < 4.78 is 2.01. The van der Waals surface area contributed by atoms with E-state index < -0.39 is 0 Å². The Hall–Kier alpha value is -1.81. The number of aryl methyl sites for hydroxylation is 1. The summed E-state index contributed by atoms with van der Waals surface area (Å²) in [6.45, 7) is 2.35. The van der Waals surface area contributed by atoms with E-state index in [9.17, 15) is 4.79 Å². The fourth-order valence-electron chi connectivity index (χ4n) is 1.78. The highest BCUT2D eigenvalue weighted by Gasteiger charge is 2.09. The van der Waals surface area contributed by atoms with E-state index in [4.69, 9.17) is 11.6 Å². The molecule has 0 fully saturated rings. The summed E-state index contributed by atoms with van der Waals surface area (Å²) >= 11 is 5.45. The Morgan fingerprint density at radius 1 is 1.39 bits per heavy atom. The molecule has 0 saturated heterocycles. The lowest BCUT2D eigenvalue weighted by molar-refractivity contribution is -0.118. The molecule has 94 valence electrons. The van der Waals surface area contributed by atoms with Crippen molar-refractivity contribution in [3.05, 3.63) is 48.0 Å². The first-order valence-electron chi connectivity index (χ1n) is 5.63. The van der Waals surface area contributed by atoms with E-state index in [2.05, 4.69) is 10.3 Å². The maximum Gasteiger partial charge on any atom is 0.235 e. The smallest absolute Gasteiger partial charge is 0.235 e. The van der Waals surface area contributed by atoms with E-state index in [1.807, 2.05) is 41.8 Å². The Kier molecular flexibility index (Phi) is 3.99. The third-order valence-corrected chi connectivity index (χ3v) is 2.86. The van der Waals surface area contributed by atoms with Crippen LogP contribution in [0.1, 0.15) is 11.5 Å². The van der Waals surface area contributed by atoms with Crippen LogP contribution in [0.5, 0.6) is 0 Å². The van der Waals surface area contributed by atoms with Gasteiger partial charge in [0.15, 0.2) is 0 Å². The molecule has 2 aromatic rings. The minimum Gasteiger partial charge on any atom is -0.349 e. The quantitative estimate of drug-likeness (QED) is 0.858. The number of carbonyl (C=O) groups is 1. The molecule has 0 spiro atoms. The van der Waals surface area contributed by atoms with Gasteiger partial charge in [0.1, 0.15) is 11.7 Å².